The first-order valence-corrected chi connectivity index (χ1v) is 13.0. The van der Waals surface area contributed by atoms with Crippen LogP contribution in [0.3, 0.4) is 0 Å². The van der Waals surface area contributed by atoms with Gasteiger partial charge in [-0.2, -0.15) is 0 Å². The molecule has 0 atom stereocenters. The number of rotatable bonds is 5. The summed E-state index contributed by atoms with van der Waals surface area (Å²) in [7, 11) is 0. The van der Waals surface area contributed by atoms with Crippen LogP contribution in [-0.2, 0) is 6.42 Å². The summed E-state index contributed by atoms with van der Waals surface area (Å²) >= 11 is 2.60. The molecule has 3 heteroatoms. The van der Waals surface area contributed by atoms with Gasteiger partial charge in [0.05, 0.1) is 0 Å². The molecule has 0 spiro atoms. The lowest BCUT2D eigenvalue weighted by molar-refractivity contribution is 0.188. The average molecular weight is 500 g/mol. The van der Waals surface area contributed by atoms with E-state index >= 15 is 0 Å². The summed E-state index contributed by atoms with van der Waals surface area (Å²) < 4.78 is 30.5. The molecule has 156 valence electrons. The first-order chi connectivity index (χ1) is 13.6. The van der Waals surface area contributed by atoms with E-state index in [-0.39, 0.29) is 5.92 Å². The van der Waals surface area contributed by atoms with Gasteiger partial charge in [0.25, 0.3) is 0 Å². The second kappa shape index (κ2) is 9.75. The monoisotopic (exact) mass is 500 g/mol. The quantitative estimate of drug-likeness (QED) is 0.282. The number of halogens is 3. The predicted octanol–water partition coefficient (Wildman–Crippen LogP) is 8.36. The lowest BCUT2D eigenvalue weighted by atomic mass is 9.70. The fourth-order valence-corrected chi connectivity index (χ4v) is 6.94. The summed E-state index contributed by atoms with van der Waals surface area (Å²) in [6.45, 7) is 0. The highest BCUT2D eigenvalue weighted by atomic mass is 127. The van der Waals surface area contributed by atoms with E-state index in [1.54, 1.807) is 0 Å². The normalized spacial score (nSPS) is 32.0. The molecule has 0 amide bonds. The summed E-state index contributed by atoms with van der Waals surface area (Å²) in [5.74, 6) is 1.54. The SMILES string of the molecule is Fc1c(CCC2CCCC2)ccc(C2CCC(C3CCC(I)CC3)CC2)c1F. The Bertz CT molecular complexity index is 636. The van der Waals surface area contributed by atoms with Crippen molar-refractivity contribution >= 4 is 22.6 Å². The Kier molecular flexibility index (Phi) is 7.33. The average Bonchev–Trinajstić information content (AvgIpc) is 3.24. The molecule has 0 saturated heterocycles. The largest absolute Gasteiger partial charge is 0.203 e. The minimum Gasteiger partial charge on any atom is -0.203 e. The maximum Gasteiger partial charge on any atom is 0.162 e. The minimum absolute atomic E-state index is 0.218. The highest BCUT2D eigenvalue weighted by Crippen LogP contribution is 2.44. The van der Waals surface area contributed by atoms with E-state index in [1.165, 1.54) is 64.2 Å². The Morgan fingerprint density at radius 2 is 1.36 bits per heavy atom. The molecule has 3 aliphatic rings. The van der Waals surface area contributed by atoms with Crippen molar-refractivity contribution in [2.75, 3.05) is 0 Å². The van der Waals surface area contributed by atoms with Crippen LogP contribution in [0.1, 0.15) is 101 Å². The van der Waals surface area contributed by atoms with E-state index in [9.17, 15) is 8.78 Å². The second-order valence-corrected chi connectivity index (χ2v) is 11.5. The van der Waals surface area contributed by atoms with E-state index in [4.69, 9.17) is 0 Å². The molecule has 3 aliphatic carbocycles. The van der Waals surface area contributed by atoms with Gasteiger partial charge in [-0.15, -0.1) is 0 Å². The highest BCUT2D eigenvalue weighted by molar-refractivity contribution is 14.1. The van der Waals surface area contributed by atoms with Crippen molar-refractivity contribution in [1.29, 1.82) is 0 Å². The minimum atomic E-state index is -0.557. The van der Waals surface area contributed by atoms with Crippen LogP contribution in [-0.4, -0.2) is 3.92 Å². The van der Waals surface area contributed by atoms with Gasteiger partial charge in [0.2, 0.25) is 0 Å². The van der Waals surface area contributed by atoms with Gasteiger partial charge in [-0.05, 0) is 99.0 Å². The fraction of sp³-hybridized carbons (Fsp3) is 0.760. The molecule has 0 aromatic heterocycles. The number of benzene rings is 1. The van der Waals surface area contributed by atoms with Crippen LogP contribution in [0.25, 0.3) is 0 Å². The van der Waals surface area contributed by atoms with Gasteiger partial charge in [-0.25, -0.2) is 8.78 Å². The van der Waals surface area contributed by atoms with Crippen molar-refractivity contribution in [3.63, 3.8) is 0 Å². The number of aryl methyl sites for hydroxylation is 1. The Morgan fingerprint density at radius 1 is 0.750 bits per heavy atom. The van der Waals surface area contributed by atoms with Crippen LogP contribution in [0.5, 0.6) is 0 Å². The van der Waals surface area contributed by atoms with Crippen LogP contribution in [0.4, 0.5) is 8.78 Å². The van der Waals surface area contributed by atoms with Gasteiger partial charge in [0.1, 0.15) is 0 Å². The maximum atomic E-state index is 14.9. The van der Waals surface area contributed by atoms with E-state index < -0.39 is 11.6 Å². The molecule has 0 N–H and O–H groups in total. The van der Waals surface area contributed by atoms with Crippen molar-refractivity contribution < 1.29 is 8.78 Å². The van der Waals surface area contributed by atoms with Crippen molar-refractivity contribution in [2.24, 2.45) is 17.8 Å². The van der Waals surface area contributed by atoms with E-state index in [0.29, 0.717) is 17.5 Å². The van der Waals surface area contributed by atoms with Crippen molar-refractivity contribution in [1.82, 2.24) is 0 Å². The molecule has 0 unspecified atom stereocenters. The first kappa shape index (κ1) is 21.1. The Morgan fingerprint density at radius 3 is 2.00 bits per heavy atom. The number of hydrogen-bond donors (Lipinski definition) is 0. The number of alkyl halides is 1. The zero-order valence-electron chi connectivity index (χ0n) is 17.1. The summed E-state index contributed by atoms with van der Waals surface area (Å²) in [5.41, 5.74) is 1.24. The molecule has 0 heterocycles. The molecule has 0 bridgehead atoms. The lowest BCUT2D eigenvalue weighted by Gasteiger charge is -2.37. The van der Waals surface area contributed by atoms with Gasteiger partial charge >= 0.3 is 0 Å². The maximum absolute atomic E-state index is 14.9. The molecule has 0 radical (unpaired) electrons. The van der Waals surface area contributed by atoms with Crippen molar-refractivity contribution in [2.45, 2.75) is 99.7 Å². The first-order valence-electron chi connectivity index (χ1n) is 11.7. The van der Waals surface area contributed by atoms with E-state index in [0.717, 1.165) is 40.9 Å². The molecule has 3 fully saturated rings. The Balaban J connectivity index is 1.33. The van der Waals surface area contributed by atoms with Gasteiger partial charge in [-0.3, -0.25) is 0 Å². The third-order valence-corrected chi connectivity index (χ3v) is 9.31. The Labute approximate surface area is 183 Å². The molecule has 4 rings (SSSR count). The molecule has 0 nitrogen and oxygen atoms in total. The summed E-state index contributed by atoms with van der Waals surface area (Å²) in [6.07, 6.45) is 16.8. The molecular weight excluding hydrogens is 465 g/mol. The topological polar surface area (TPSA) is 0 Å². The van der Waals surface area contributed by atoms with Gasteiger partial charge < -0.3 is 0 Å². The van der Waals surface area contributed by atoms with Gasteiger partial charge in [0.15, 0.2) is 11.6 Å². The van der Waals surface area contributed by atoms with Crippen LogP contribution < -0.4 is 0 Å². The molecule has 28 heavy (non-hydrogen) atoms. The molecular formula is C25H35F2I. The summed E-state index contributed by atoms with van der Waals surface area (Å²) in [5, 5.41) is 0. The van der Waals surface area contributed by atoms with Crippen LogP contribution >= 0.6 is 22.6 Å². The molecule has 1 aromatic carbocycles. The van der Waals surface area contributed by atoms with E-state index in [1.807, 2.05) is 12.1 Å². The third-order valence-electron chi connectivity index (χ3n) is 8.07. The van der Waals surface area contributed by atoms with Crippen molar-refractivity contribution in [3.8, 4) is 0 Å². The zero-order chi connectivity index (χ0) is 19.5. The van der Waals surface area contributed by atoms with Crippen molar-refractivity contribution in [3.05, 3.63) is 34.9 Å². The standard InChI is InChI=1S/C25H35F2I/c26-24-21(6-5-17-3-1-2-4-17)13-16-23(25(24)27)20-9-7-18(8-10-20)19-11-14-22(28)15-12-19/h13,16-20,22H,1-12,14-15H2. The highest BCUT2D eigenvalue weighted by Gasteiger charge is 2.32. The zero-order valence-corrected chi connectivity index (χ0v) is 19.2. The summed E-state index contributed by atoms with van der Waals surface area (Å²) in [4.78, 5) is 0. The fourth-order valence-electron chi connectivity index (χ4n) is 6.22. The van der Waals surface area contributed by atoms with Crippen LogP contribution in [0.15, 0.2) is 12.1 Å². The van der Waals surface area contributed by atoms with Crippen LogP contribution in [0, 0.1) is 29.4 Å². The Hall–Kier alpha value is -0.190. The summed E-state index contributed by atoms with van der Waals surface area (Å²) in [6, 6.07) is 3.80. The predicted molar refractivity (Wildman–Crippen MR) is 121 cm³/mol. The lowest BCUT2D eigenvalue weighted by Crippen LogP contribution is -2.25. The molecule has 0 aliphatic heterocycles. The van der Waals surface area contributed by atoms with Gasteiger partial charge in [-0.1, -0.05) is 60.4 Å². The third kappa shape index (κ3) is 4.92. The molecule has 3 saturated carbocycles. The smallest absolute Gasteiger partial charge is 0.162 e. The molecule has 1 aromatic rings. The van der Waals surface area contributed by atoms with Crippen LogP contribution in [0.2, 0.25) is 0 Å². The second-order valence-electron chi connectivity index (χ2n) is 9.75. The van der Waals surface area contributed by atoms with Gasteiger partial charge in [0, 0.05) is 3.92 Å². The number of hydrogen-bond acceptors (Lipinski definition) is 0. The van der Waals surface area contributed by atoms with E-state index in [2.05, 4.69) is 22.6 Å².